The fourth-order valence-electron chi connectivity index (χ4n) is 2.42. The highest BCUT2D eigenvalue weighted by molar-refractivity contribution is 5.32. The van der Waals surface area contributed by atoms with Crippen LogP contribution in [0.2, 0.25) is 0 Å². The lowest BCUT2D eigenvalue weighted by molar-refractivity contribution is 0.0851. The Morgan fingerprint density at radius 1 is 1.13 bits per heavy atom. The summed E-state index contributed by atoms with van der Waals surface area (Å²) in [5, 5.41) is 0. The topological polar surface area (TPSA) is 9.23 Å². The SMILES string of the molecule is CC(C)c1ccccc1C1CCOCC1. The molecule has 1 nitrogen and oxygen atoms in total. The van der Waals surface area contributed by atoms with E-state index in [1.807, 2.05) is 0 Å². The van der Waals surface area contributed by atoms with Crippen molar-refractivity contribution in [2.45, 2.75) is 38.5 Å². The third-order valence-corrected chi connectivity index (χ3v) is 3.28. The molecule has 1 aromatic carbocycles. The highest BCUT2D eigenvalue weighted by Gasteiger charge is 2.19. The zero-order chi connectivity index (χ0) is 10.7. The van der Waals surface area contributed by atoms with Crippen LogP contribution in [0.1, 0.15) is 49.7 Å². The first kappa shape index (κ1) is 10.7. The van der Waals surface area contributed by atoms with Gasteiger partial charge >= 0.3 is 0 Å². The third kappa shape index (κ3) is 2.40. The average molecular weight is 204 g/mol. The van der Waals surface area contributed by atoms with Gasteiger partial charge in [0.25, 0.3) is 0 Å². The summed E-state index contributed by atoms with van der Waals surface area (Å²) in [6, 6.07) is 8.88. The molecule has 0 aliphatic carbocycles. The van der Waals surface area contributed by atoms with Crippen molar-refractivity contribution in [3.63, 3.8) is 0 Å². The fraction of sp³-hybridized carbons (Fsp3) is 0.571. The van der Waals surface area contributed by atoms with Crippen LogP contribution in [0.5, 0.6) is 0 Å². The quantitative estimate of drug-likeness (QED) is 0.713. The Morgan fingerprint density at radius 3 is 2.47 bits per heavy atom. The van der Waals surface area contributed by atoms with E-state index in [9.17, 15) is 0 Å². The minimum Gasteiger partial charge on any atom is -0.381 e. The molecule has 0 spiro atoms. The van der Waals surface area contributed by atoms with Crippen molar-refractivity contribution >= 4 is 0 Å². The van der Waals surface area contributed by atoms with Gasteiger partial charge in [-0.25, -0.2) is 0 Å². The minimum absolute atomic E-state index is 0.629. The number of hydrogen-bond acceptors (Lipinski definition) is 1. The van der Waals surface area contributed by atoms with Gasteiger partial charge in [0.15, 0.2) is 0 Å². The van der Waals surface area contributed by atoms with E-state index >= 15 is 0 Å². The van der Waals surface area contributed by atoms with Gasteiger partial charge in [0.1, 0.15) is 0 Å². The second-order valence-electron chi connectivity index (χ2n) is 4.67. The molecule has 1 fully saturated rings. The molecule has 1 aliphatic heterocycles. The Morgan fingerprint density at radius 2 is 1.80 bits per heavy atom. The second kappa shape index (κ2) is 4.80. The van der Waals surface area contributed by atoms with E-state index in [2.05, 4.69) is 38.1 Å². The number of benzene rings is 1. The predicted octanol–water partition coefficient (Wildman–Crippen LogP) is 3.70. The molecule has 1 heterocycles. The minimum atomic E-state index is 0.629. The smallest absolute Gasteiger partial charge is 0.0471 e. The summed E-state index contributed by atoms with van der Waals surface area (Å²) in [6.07, 6.45) is 2.37. The molecule has 0 amide bonds. The first-order chi connectivity index (χ1) is 7.29. The summed E-state index contributed by atoms with van der Waals surface area (Å²) >= 11 is 0. The number of hydrogen-bond donors (Lipinski definition) is 0. The van der Waals surface area contributed by atoms with E-state index in [1.54, 1.807) is 5.56 Å². The van der Waals surface area contributed by atoms with E-state index in [0.717, 1.165) is 19.1 Å². The summed E-state index contributed by atoms with van der Waals surface area (Å²) in [5.74, 6) is 1.35. The maximum atomic E-state index is 5.42. The van der Waals surface area contributed by atoms with Crippen molar-refractivity contribution in [2.24, 2.45) is 0 Å². The molecule has 1 aromatic rings. The van der Waals surface area contributed by atoms with Gasteiger partial charge in [-0.1, -0.05) is 38.1 Å². The van der Waals surface area contributed by atoms with Crippen molar-refractivity contribution in [1.29, 1.82) is 0 Å². The lowest BCUT2D eigenvalue weighted by Crippen LogP contribution is -2.15. The van der Waals surface area contributed by atoms with Crippen LogP contribution in [0.3, 0.4) is 0 Å². The van der Waals surface area contributed by atoms with Crippen LogP contribution in [-0.2, 0) is 4.74 Å². The number of ether oxygens (including phenoxy) is 1. The van der Waals surface area contributed by atoms with E-state index in [0.29, 0.717) is 5.92 Å². The maximum absolute atomic E-state index is 5.42. The monoisotopic (exact) mass is 204 g/mol. The van der Waals surface area contributed by atoms with Gasteiger partial charge in [-0.3, -0.25) is 0 Å². The summed E-state index contributed by atoms with van der Waals surface area (Å²) < 4.78 is 5.42. The lowest BCUT2D eigenvalue weighted by atomic mass is 9.85. The Kier molecular flexibility index (Phi) is 3.42. The van der Waals surface area contributed by atoms with E-state index in [-0.39, 0.29) is 0 Å². The van der Waals surface area contributed by atoms with E-state index in [1.165, 1.54) is 18.4 Å². The van der Waals surface area contributed by atoms with E-state index in [4.69, 9.17) is 4.74 Å². The molecule has 0 radical (unpaired) electrons. The summed E-state index contributed by atoms with van der Waals surface area (Å²) in [4.78, 5) is 0. The lowest BCUT2D eigenvalue weighted by Gasteiger charge is -2.25. The van der Waals surface area contributed by atoms with Crippen molar-refractivity contribution in [3.8, 4) is 0 Å². The van der Waals surface area contributed by atoms with Crippen LogP contribution < -0.4 is 0 Å². The third-order valence-electron chi connectivity index (χ3n) is 3.28. The van der Waals surface area contributed by atoms with Crippen LogP contribution in [0.4, 0.5) is 0 Å². The molecule has 15 heavy (non-hydrogen) atoms. The zero-order valence-electron chi connectivity index (χ0n) is 9.70. The standard InChI is InChI=1S/C14H20O/c1-11(2)13-5-3-4-6-14(13)12-7-9-15-10-8-12/h3-6,11-12H,7-10H2,1-2H3. The van der Waals surface area contributed by atoms with Crippen molar-refractivity contribution in [2.75, 3.05) is 13.2 Å². The molecule has 0 bridgehead atoms. The molecule has 0 atom stereocenters. The van der Waals surface area contributed by atoms with Gasteiger partial charge in [-0.15, -0.1) is 0 Å². The Bertz CT molecular complexity index is 311. The molecule has 82 valence electrons. The summed E-state index contributed by atoms with van der Waals surface area (Å²) in [5.41, 5.74) is 3.07. The molecular formula is C14H20O. The molecule has 1 saturated heterocycles. The first-order valence-corrected chi connectivity index (χ1v) is 5.95. The van der Waals surface area contributed by atoms with Gasteiger partial charge in [-0.2, -0.15) is 0 Å². The van der Waals surface area contributed by atoms with Gasteiger partial charge in [-0.05, 0) is 35.8 Å². The molecule has 0 unspecified atom stereocenters. The first-order valence-electron chi connectivity index (χ1n) is 5.95. The normalized spacial score (nSPS) is 18.3. The maximum Gasteiger partial charge on any atom is 0.0471 e. The Labute approximate surface area is 92.5 Å². The van der Waals surface area contributed by atoms with Crippen LogP contribution in [0.15, 0.2) is 24.3 Å². The summed E-state index contributed by atoms with van der Waals surface area (Å²) in [6.45, 7) is 6.41. The highest BCUT2D eigenvalue weighted by Crippen LogP contribution is 2.32. The van der Waals surface area contributed by atoms with Crippen molar-refractivity contribution in [3.05, 3.63) is 35.4 Å². The molecule has 0 N–H and O–H groups in total. The molecular weight excluding hydrogens is 184 g/mol. The van der Waals surface area contributed by atoms with Crippen LogP contribution in [-0.4, -0.2) is 13.2 Å². The molecule has 1 aliphatic rings. The Balaban J connectivity index is 2.25. The highest BCUT2D eigenvalue weighted by atomic mass is 16.5. The fourth-order valence-corrected chi connectivity index (χ4v) is 2.42. The average Bonchev–Trinajstić information content (AvgIpc) is 2.30. The molecule has 1 heteroatoms. The van der Waals surface area contributed by atoms with Crippen LogP contribution >= 0.6 is 0 Å². The summed E-state index contributed by atoms with van der Waals surface area (Å²) in [7, 11) is 0. The Hall–Kier alpha value is -0.820. The van der Waals surface area contributed by atoms with E-state index < -0.39 is 0 Å². The van der Waals surface area contributed by atoms with Gasteiger partial charge in [0, 0.05) is 13.2 Å². The van der Waals surface area contributed by atoms with Crippen LogP contribution in [0, 0.1) is 0 Å². The molecule has 0 saturated carbocycles. The largest absolute Gasteiger partial charge is 0.381 e. The second-order valence-corrected chi connectivity index (χ2v) is 4.67. The van der Waals surface area contributed by atoms with Crippen molar-refractivity contribution < 1.29 is 4.74 Å². The van der Waals surface area contributed by atoms with Crippen LogP contribution in [0.25, 0.3) is 0 Å². The predicted molar refractivity (Wildman–Crippen MR) is 63.3 cm³/mol. The molecule has 0 aromatic heterocycles. The number of rotatable bonds is 2. The van der Waals surface area contributed by atoms with Gasteiger partial charge in [0.05, 0.1) is 0 Å². The molecule has 2 rings (SSSR count). The van der Waals surface area contributed by atoms with Gasteiger partial charge < -0.3 is 4.74 Å². The van der Waals surface area contributed by atoms with Crippen molar-refractivity contribution in [1.82, 2.24) is 0 Å². The zero-order valence-corrected chi connectivity index (χ0v) is 9.70. The van der Waals surface area contributed by atoms with Gasteiger partial charge in [0.2, 0.25) is 0 Å².